The predicted molar refractivity (Wildman–Crippen MR) is 86.0 cm³/mol. The fraction of sp³-hybridized carbons (Fsp3) is 0.438. The largest absolute Gasteiger partial charge is 0.345 e. The minimum Gasteiger partial charge on any atom is -0.345 e. The summed E-state index contributed by atoms with van der Waals surface area (Å²) in [6, 6.07) is 3.61. The van der Waals surface area contributed by atoms with E-state index in [0.717, 1.165) is 5.56 Å². The number of pyridine rings is 1. The van der Waals surface area contributed by atoms with Crippen molar-refractivity contribution in [3.8, 4) is 0 Å². The Morgan fingerprint density at radius 2 is 2.14 bits per heavy atom. The van der Waals surface area contributed by atoms with Gasteiger partial charge in [-0.3, -0.25) is 14.0 Å². The van der Waals surface area contributed by atoms with Crippen LogP contribution in [0.2, 0.25) is 0 Å². The Morgan fingerprint density at radius 3 is 2.73 bits per heavy atom. The highest BCUT2D eigenvalue weighted by Crippen LogP contribution is 2.15. The van der Waals surface area contributed by atoms with Gasteiger partial charge in [0.15, 0.2) is 0 Å². The molecule has 0 fully saturated rings. The third-order valence-electron chi connectivity index (χ3n) is 4.19. The Labute approximate surface area is 129 Å². The molecule has 0 aliphatic carbocycles. The lowest BCUT2D eigenvalue weighted by molar-refractivity contribution is 0.0881. The fourth-order valence-corrected chi connectivity index (χ4v) is 2.10. The average molecular weight is 302 g/mol. The van der Waals surface area contributed by atoms with Gasteiger partial charge in [-0.25, -0.2) is 4.98 Å². The summed E-state index contributed by atoms with van der Waals surface area (Å²) in [5.41, 5.74) is 6.26. The number of aryl methyl sites for hydroxylation is 1. The zero-order valence-electron chi connectivity index (χ0n) is 13.4. The minimum absolute atomic E-state index is 0.0171. The predicted octanol–water partition coefficient (Wildman–Crippen LogP) is 1.11. The van der Waals surface area contributed by atoms with Crippen LogP contribution in [0.3, 0.4) is 0 Å². The lowest BCUT2D eigenvalue weighted by atomic mass is 9.88. The SMILES string of the molecule is Cc1ccc2ncc(C(=O)NC(C)(CN)C(C)C)c(=O)n2c1. The maximum atomic E-state index is 12.5. The fourth-order valence-electron chi connectivity index (χ4n) is 2.10. The molecule has 2 aromatic rings. The smallest absolute Gasteiger partial charge is 0.270 e. The Bertz CT molecular complexity index is 766. The number of fused-ring (bicyclic) bond motifs is 1. The van der Waals surface area contributed by atoms with Gasteiger partial charge in [-0.1, -0.05) is 19.9 Å². The maximum Gasteiger partial charge on any atom is 0.270 e. The normalized spacial score (nSPS) is 14.1. The Kier molecular flexibility index (Phi) is 4.32. The lowest BCUT2D eigenvalue weighted by Gasteiger charge is -2.33. The summed E-state index contributed by atoms with van der Waals surface area (Å²) < 4.78 is 1.39. The number of nitrogens with one attached hydrogen (secondary N) is 1. The molecule has 0 saturated heterocycles. The Balaban J connectivity index is 2.45. The number of hydrogen-bond acceptors (Lipinski definition) is 4. The zero-order chi connectivity index (χ0) is 16.5. The second kappa shape index (κ2) is 5.88. The lowest BCUT2D eigenvalue weighted by Crippen LogP contribution is -2.55. The van der Waals surface area contributed by atoms with E-state index in [1.54, 1.807) is 12.3 Å². The molecule has 2 heterocycles. The third kappa shape index (κ3) is 2.87. The van der Waals surface area contributed by atoms with Gasteiger partial charge in [-0.2, -0.15) is 0 Å². The molecule has 0 aromatic carbocycles. The molecular formula is C16H22N4O2. The van der Waals surface area contributed by atoms with Crippen LogP contribution in [0.1, 0.15) is 36.7 Å². The van der Waals surface area contributed by atoms with Gasteiger partial charge in [0, 0.05) is 18.9 Å². The number of hydrogen-bond donors (Lipinski definition) is 2. The summed E-state index contributed by atoms with van der Waals surface area (Å²) in [6.07, 6.45) is 2.99. The molecule has 3 N–H and O–H groups in total. The van der Waals surface area contributed by atoms with Crippen molar-refractivity contribution in [3.05, 3.63) is 46.0 Å². The summed E-state index contributed by atoms with van der Waals surface area (Å²) in [5.74, 6) is -0.310. The van der Waals surface area contributed by atoms with Crippen LogP contribution < -0.4 is 16.6 Å². The summed E-state index contributed by atoms with van der Waals surface area (Å²) in [4.78, 5) is 29.1. The number of nitrogens with zero attached hydrogens (tertiary/aromatic N) is 2. The standard InChI is InChI=1S/C16H22N4O2/c1-10(2)16(4,9-17)19-14(21)12-7-18-13-6-5-11(3)8-20(13)15(12)22/h5-8,10H,9,17H2,1-4H3,(H,19,21). The molecule has 22 heavy (non-hydrogen) atoms. The molecule has 1 atom stereocenters. The highest BCUT2D eigenvalue weighted by atomic mass is 16.2. The van der Waals surface area contributed by atoms with E-state index in [0.29, 0.717) is 5.65 Å². The van der Waals surface area contributed by atoms with Gasteiger partial charge in [0.05, 0.1) is 5.54 Å². The molecule has 0 aliphatic rings. The molecule has 0 saturated carbocycles. The van der Waals surface area contributed by atoms with Crippen molar-refractivity contribution < 1.29 is 4.79 Å². The van der Waals surface area contributed by atoms with Crippen molar-refractivity contribution >= 4 is 11.6 Å². The number of nitrogens with two attached hydrogens (primary N) is 1. The second-order valence-electron chi connectivity index (χ2n) is 6.14. The summed E-state index contributed by atoms with van der Waals surface area (Å²) in [7, 11) is 0. The maximum absolute atomic E-state index is 12.5. The van der Waals surface area contributed by atoms with Crippen LogP contribution in [0, 0.1) is 12.8 Å². The number of carbonyl (C=O) groups excluding carboxylic acids is 1. The van der Waals surface area contributed by atoms with Gasteiger partial charge >= 0.3 is 0 Å². The monoisotopic (exact) mass is 302 g/mol. The molecular weight excluding hydrogens is 280 g/mol. The number of rotatable bonds is 4. The molecule has 0 aliphatic heterocycles. The van der Waals surface area contributed by atoms with Gasteiger partial charge < -0.3 is 11.1 Å². The number of carbonyl (C=O) groups is 1. The first-order chi connectivity index (χ1) is 10.3. The average Bonchev–Trinajstić information content (AvgIpc) is 2.47. The van der Waals surface area contributed by atoms with Crippen molar-refractivity contribution in [2.24, 2.45) is 11.7 Å². The zero-order valence-corrected chi connectivity index (χ0v) is 13.4. The van der Waals surface area contributed by atoms with Crippen molar-refractivity contribution in [1.82, 2.24) is 14.7 Å². The van der Waals surface area contributed by atoms with E-state index >= 15 is 0 Å². The molecule has 1 amide bonds. The van der Waals surface area contributed by atoms with Crippen LogP contribution >= 0.6 is 0 Å². The van der Waals surface area contributed by atoms with E-state index in [-0.39, 0.29) is 23.6 Å². The Morgan fingerprint density at radius 1 is 1.45 bits per heavy atom. The van der Waals surface area contributed by atoms with E-state index in [2.05, 4.69) is 10.3 Å². The van der Waals surface area contributed by atoms with Gasteiger partial charge in [0.1, 0.15) is 11.2 Å². The molecule has 6 nitrogen and oxygen atoms in total. The van der Waals surface area contributed by atoms with Gasteiger partial charge in [0.25, 0.3) is 11.5 Å². The van der Waals surface area contributed by atoms with Crippen LogP contribution in [0.5, 0.6) is 0 Å². The van der Waals surface area contributed by atoms with E-state index in [1.165, 1.54) is 10.6 Å². The molecule has 0 radical (unpaired) electrons. The van der Waals surface area contributed by atoms with Crippen LogP contribution in [-0.2, 0) is 0 Å². The van der Waals surface area contributed by atoms with Crippen LogP contribution in [0.25, 0.3) is 5.65 Å². The highest BCUT2D eigenvalue weighted by molar-refractivity contribution is 5.94. The molecule has 0 spiro atoms. The second-order valence-corrected chi connectivity index (χ2v) is 6.14. The quantitative estimate of drug-likeness (QED) is 0.885. The van der Waals surface area contributed by atoms with Gasteiger partial charge in [-0.15, -0.1) is 0 Å². The van der Waals surface area contributed by atoms with E-state index in [9.17, 15) is 9.59 Å². The first-order valence-electron chi connectivity index (χ1n) is 7.29. The van der Waals surface area contributed by atoms with Crippen LogP contribution in [0.4, 0.5) is 0 Å². The minimum atomic E-state index is -0.574. The summed E-state index contributed by atoms with van der Waals surface area (Å²) in [5, 5.41) is 2.86. The number of amides is 1. The van der Waals surface area contributed by atoms with Crippen molar-refractivity contribution in [2.75, 3.05) is 6.54 Å². The molecule has 1 unspecified atom stereocenters. The van der Waals surface area contributed by atoms with Crippen LogP contribution in [0.15, 0.2) is 29.3 Å². The van der Waals surface area contributed by atoms with Crippen LogP contribution in [-0.4, -0.2) is 27.4 Å². The van der Waals surface area contributed by atoms with Crippen molar-refractivity contribution in [2.45, 2.75) is 33.2 Å². The van der Waals surface area contributed by atoms with E-state index in [4.69, 9.17) is 5.73 Å². The van der Waals surface area contributed by atoms with Crippen molar-refractivity contribution in [1.29, 1.82) is 0 Å². The van der Waals surface area contributed by atoms with E-state index < -0.39 is 11.4 Å². The van der Waals surface area contributed by atoms with Gasteiger partial charge in [0.2, 0.25) is 0 Å². The molecule has 118 valence electrons. The Hall–Kier alpha value is -2.21. The molecule has 2 rings (SSSR count). The summed E-state index contributed by atoms with van der Waals surface area (Å²) >= 11 is 0. The van der Waals surface area contributed by atoms with Crippen molar-refractivity contribution in [3.63, 3.8) is 0 Å². The third-order valence-corrected chi connectivity index (χ3v) is 4.19. The topological polar surface area (TPSA) is 89.5 Å². The molecule has 0 bridgehead atoms. The van der Waals surface area contributed by atoms with Gasteiger partial charge in [-0.05, 0) is 31.4 Å². The molecule has 2 aromatic heterocycles. The first-order valence-corrected chi connectivity index (χ1v) is 7.29. The first kappa shape index (κ1) is 16.2. The van der Waals surface area contributed by atoms with E-state index in [1.807, 2.05) is 33.8 Å². The number of aromatic nitrogens is 2. The molecule has 6 heteroatoms. The summed E-state index contributed by atoms with van der Waals surface area (Å²) in [6.45, 7) is 7.98. The highest BCUT2D eigenvalue weighted by Gasteiger charge is 2.30.